The zero-order valence-corrected chi connectivity index (χ0v) is 10.8. The fourth-order valence-corrected chi connectivity index (χ4v) is 1.93. The lowest BCUT2D eigenvalue weighted by molar-refractivity contribution is 0.415. The zero-order chi connectivity index (χ0) is 12.5. The number of nitrogens with two attached hydrogens (primary N) is 1. The minimum absolute atomic E-state index is 0.277. The van der Waals surface area contributed by atoms with Crippen molar-refractivity contribution < 1.29 is 13.2 Å². The van der Waals surface area contributed by atoms with Crippen LogP contribution in [0.4, 0.5) is 11.4 Å². The molecule has 2 N–H and O–H groups in total. The van der Waals surface area contributed by atoms with E-state index in [1.807, 2.05) is 0 Å². The number of benzene rings is 1. The van der Waals surface area contributed by atoms with Gasteiger partial charge in [0.15, 0.2) is 0 Å². The van der Waals surface area contributed by atoms with Crippen molar-refractivity contribution in [2.75, 3.05) is 30.5 Å². The highest BCUT2D eigenvalue weighted by molar-refractivity contribution is 7.92. The molecule has 1 rings (SSSR count). The van der Waals surface area contributed by atoms with Gasteiger partial charge in [0.1, 0.15) is 5.75 Å². The van der Waals surface area contributed by atoms with Gasteiger partial charge in [-0.15, -0.1) is 0 Å². The van der Waals surface area contributed by atoms with Crippen molar-refractivity contribution in [3.05, 3.63) is 17.2 Å². The molecule has 0 aliphatic rings. The summed E-state index contributed by atoms with van der Waals surface area (Å²) in [5.41, 5.74) is 6.31. The second kappa shape index (κ2) is 4.39. The highest BCUT2D eigenvalue weighted by Crippen LogP contribution is 2.35. The Kier molecular flexibility index (Phi) is 3.54. The van der Waals surface area contributed by atoms with Crippen molar-refractivity contribution in [3.63, 3.8) is 0 Å². The molecule has 0 spiro atoms. The molecule has 0 aromatic heterocycles. The first-order chi connectivity index (χ1) is 7.27. The Hall–Kier alpha value is -1.14. The number of rotatable bonds is 3. The Bertz CT molecular complexity index is 502. The molecule has 0 atom stereocenters. The summed E-state index contributed by atoms with van der Waals surface area (Å²) in [6.45, 7) is 0. The molecule has 90 valence electrons. The maximum atomic E-state index is 11.4. The summed E-state index contributed by atoms with van der Waals surface area (Å²) in [6.07, 6.45) is 1.09. The normalized spacial score (nSPS) is 11.2. The Morgan fingerprint density at radius 2 is 2.00 bits per heavy atom. The van der Waals surface area contributed by atoms with Gasteiger partial charge in [-0.1, -0.05) is 11.6 Å². The number of hydrogen-bond donors (Lipinski definition) is 1. The largest absolute Gasteiger partial charge is 0.495 e. The molecule has 0 saturated heterocycles. The molecular formula is C9H13ClN2O3S. The highest BCUT2D eigenvalue weighted by atomic mass is 35.5. The standard InChI is InChI=1S/C9H13ClN2O3S/c1-12(16(3,13)14)8-5-9(15-2)6(10)4-7(8)11/h4-5H,11H2,1-3H3. The highest BCUT2D eigenvalue weighted by Gasteiger charge is 2.17. The number of methoxy groups -OCH3 is 1. The maximum Gasteiger partial charge on any atom is 0.232 e. The van der Waals surface area contributed by atoms with Gasteiger partial charge in [-0.2, -0.15) is 0 Å². The molecule has 0 radical (unpaired) electrons. The molecule has 0 aliphatic heterocycles. The molecule has 7 heteroatoms. The van der Waals surface area contributed by atoms with Gasteiger partial charge in [-0.25, -0.2) is 8.42 Å². The van der Waals surface area contributed by atoms with Crippen molar-refractivity contribution in [2.45, 2.75) is 0 Å². The average Bonchev–Trinajstić information content (AvgIpc) is 2.15. The number of nitrogens with zero attached hydrogens (tertiary/aromatic N) is 1. The van der Waals surface area contributed by atoms with E-state index < -0.39 is 10.0 Å². The first-order valence-electron chi connectivity index (χ1n) is 4.34. The summed E-state index contributed by atoms with van der Waals surface area (Å²) in [7, 11) is -0.504. The SMILES string of the molecule is COc1cc(N(C)S(C)(=O)=O)c(N)cc1Cl. The van der Waals surface area contributed by atoms with Crippen LogP contribution in [0.5, 0.6) is 5.75 Å². The maximum absolute atomic E-state index is 11.4. The lowest BCUT2D eigenvalue weighted by Gasteiger charge is -2.19. The second-order valence-corrected chi connectivity index (χ2v) is 5.70. The van der Waals surface area contributed by atoms with Crippen LogP contribution in [0.15, 0.2) is 12.1 Å². The number of sulfonamides is 1. The molecular weight excluding hydrogens is 252 g/mol. The van der Waals surface area contributed by atoms with Crippen LogP contribution >= 0.6 is 11.6 Å². The van der Waals surface area contributed by atoms with Crippen molar-refractivity contribution >= 4 is 33.0 Å². The molecule has 16 heavy (non-hydrogen) atoms. The summed E-state index contributed by atoms with van der Waals surface area (Å²) in [5.74, 6) is 0.376. The number of nitrogen functional groups attached to an aromatic ring is 1. The third-order valence-corrected chi connectivity index (χ3v) is 3.62. The number of hydrogen-bond acceptors (Lipinski definition) is 4. The van der Waals surface area contributed by atoms with Gasteiger partial charge in [0.2, 0.25) is 10.0 Å². The van der Waals surface area contributed by atoms with Crippen LogP contribution in [0, 0.1) is 0 Å². The van der Waals surface area contributed by atoms with Gasteiger partial charge < -0.3 is 10.5 Å². The van der Waals surface area contributed by atoms with Crippen LogP contribution in [-0.4, -0.2) is 28.8 Å². The molecule has 1 aromatic rings. The molecule has 0 amide bonds. The van der Waals surface area contributed by atoms with Gasteiger partial charge in [0.25, 0.3) is 0 Å². The monoisotopic (exact) mass is 264 g/mol. The average molecular weight is 265 g/mol. The molecule has 0 aliphatic carbocycles. The van der Waals surface area contributed by atoms with E-state index in [-0.39, 0.29) is 5.69 Å². The molecule has 0 bridgehead atoms. The van der Waals surface area contributed by atoms with E-state index in [0.29, 0.717) is 16.5 Å². The van der Waals surface area contributed by atoms with E-state index in [0.717, 1.165) is 10.6 Å². The van der Waals surface area contributed by atoms with E-state index in [9.17, 15) is 8.42 Å². The fraction of sp³-hybridized carbons (Fsp3) is 0.333. The van der Waals surface area contributed by atoms with Crippen LogP contribution in [0.3, 0.4) is 0 Å². The van der Waals surface area contributed by atoms with E-state index in [4.69, 9.17) is 22.1 Å². The van der Waals surface area contributed by atoms with Gasteiger partial charge in [0.05, 0.1) is 29.8 Å². The van der Waals surface area contributed by atoms with E-state index in [1.54, 1.807) is 0 Å². The number of ether oxygens (including phenoxy) is 1. The molecule has 0 heterocycles. The third kappa shape index (κ3) is 2.51. The van der Waals surface area contributed by atoms with Gasteiger partial charge in [0, 0.05) is 13.1 Å². The van der Waals surface area contributed by atoms with E-state index in [1.165, 1.54) is 26.3 Å². The van der Waals surface area contributed by atoms with Crippen molar-refractivity contribution in [1.29, 1.82) is 0 Å². The minimum atomic E-state index is -3.36. The Morgan fingerprint density at radius 1 is 1.44 bits per heavy atom. The quantitative estimate of drug-likeness (QED) is 0.836. The Balaban J connectivity index is 3.35. The van der Waals surface area contributed by atoms with E-state index in [2.05, 4.69) is 0 Å². The lowest BCUT2D eigenvalue weighted by atomic mass is 10.2. The van der Waals surface area contributed by atoms with Crippen LogP contribution in [0.25, 0.3) is 0 Å². The second-order valence-electron chi connectivity index (χ2n) is 3.28. The molecule has 5 nitrogen and oxygen atoms in total. The summed E-state index contributed by atoms with van der Waals surface area (Å²) in [6, 6.07) is 2.94. The molecule has 1 aromatic carbocycles. The van der Waals surface area contributed by atoms with Crippen LogP contribution in [0.2, 0.25) is 5.02 Å². The predicted octanol–water partition coefficient (Wildman–Crippen LogP) is 1.33. The number of anilines is 2. The fourth-order valence-electron chi connectivity index (χ4n) is 1.17. The van der Waals surface area contributed by atoms with Crippen LogP contribution in [0.1, 0.15) is 0 Å². The third-order valence-electron chi connectivity index (χ3n) is 2.14. The lowest BCUT2D eigenvalue weighted by Crippen LogP contribution is -2.25. The molecule has 0 unspecified atom stereocenters. The smallest absolute Gasteiger partial charge is 0.232 e. The van der Waals surface area contributed by atoms with Crippen molar-refractivity contribution in [1.82, 2.24) is 0 Å². The van der Waals surface area contributed by atoms with Crippen LogP contribution in [-0.2, 0) is 10.0 Å². The van der Waals surface area contributed by atoms with Gasteiger partial charge in [-0.3, -0.25) is 4.31 Å². The van der Waals surface area contributed by atoms with Gasteiger partial charge >= 0.3 is 0 Å². The Morgan fingerprint density at radius 3 is 2.44 bits per heavy atom. The minimum Gasteiger partial charge on any atom is -0.495 e. The summed E-state index contributed by atoms with van der Waals surface area (Å²) in [4.78, 5) is 0. The number of halogens is 1. The first-order valence-corrected chi connectivity index (χ1v) is 6.57. The molecule has 0 fully saturated rings. The van der Waals surface area contributed by atoms with Crippen LogP contribution < -0.4 is 14.8 Å². The summed E-state index contributed by atoms with van der Waals surface area (Å²) >= 11 is 5.85. The Labute approximate surface area is 99.8 Å². The van der Waals surface area contributed by atoms with Gasteiger partial charge in [-0.05, 0) is 6.07 Å². The first kappa shape index (κ1) is 12.9. The zero-order valence-electron chi connectivity index (χ0n) is 9.19. The predicted molar refractivity (Wildman–Crippen MR) is 65.7 cm³/mol. The molecule has 0 saturated carbocycles. The van der Waals surface area contributed by atoms with Crippen molar-refractivity contribution in [2.24, 2.45) is 0 Å². The van der Waals surface area contributed by atoms with Crippen molar-refractivity contribution in [3.8, 4) is 5.75 Å². The summed E-state index contributed by atoms with van der Waals surface area (Å²) in [5, 5.41) is 0.339. The van der Waals surface area contributed by atoms with E-state index >= 15 is 0 Å². The topological polar surface area (TPSA) is 72.6 Å². The summed E-state index contributed by atoms with van der Waals surface area (Å²) < 4.78 is 28.8.